The van der Waals surface area contributed by atoms with Crippen molar-refractivity contribution in [1.82, 2.24) is 0 Å². The molecule has 0 bridgehead atoms. The molecule has 0 saturated heterocycles. The van der Waals surface area contributed by atoms with Crippen LogP contribution < -0.4 is 0 Å². The van der Waals surface area contributed by atoms with Gasteiger partial charge >= 0.3 is 5.97 Å². The van der Waals surface area contributed by atoms with Crippen LogP contribution in [0.1, 0.15) is 42.7 Å². The van der Waals surface area contributed by atoms with Crippen molar-refractivity contribution in [2.75, 3.05) is 0 Å². The number of carbonyl (C=O) groups is 1. The molecule has 0 amide bonds. The lowest BCUT2D eigenvalue weighted by molar-refractivity contribution is 0.0630. The van der Waals surface area contributed by atoms with Crippen molar-refractivity contribution in [3.05, 3.63) is 23.7 Å². The Morgan fingerprint density at radius 1 is 1.57 bits per heavy atom. The third-order valence-corrected chi connectivity index (χ3v) is 2.31. The van der Waals surface area contributed by atoms with Gasteiger partial charge in [-0.05, 0) is 18.1 Å². The van der Waals surface area contributed by atoms with Gasteiger partial charge in [-0.15, -0.1) is 0 Å². The molecule has 1 heterocycles. The lowest BCUT2D eigenvalue weighted by Crippen LogP contribution is -2.07. The number of furan rings is 1. The summed E-state index contributed by atoms with van der Waals surface area (Å²) in [5.74, 6) is -0.880. The quantitative estimate of drug-likeness (QED) is 0.776. The van der Waals surface area contributed by atoms with Gasteiger partial charge in [0.05, 0.1) is 0 Å². The Kier molecular flexibility index (Phi) is 3.30. The normalized spacial score (nSPS) is 15.1. The summed E-state index contributed by atoms with van der Waals surface area (Å²) in [4.78, 5) is 10.5. The molecular weight excluding hydrogens is 184 g/mol. The van der Waals surface area contributed by atoms with E-state index < -0.39 is 12.1 Å². The Bertz CT molecular complexity index is 316. The maximum absolute atomic E-state index is 10.5. The average Bonchev–Trinajstić information content (AvgIpc) is 2.64. The van der Waals surface area contributed by atoms with Crippen molar-refractivity contribution < 1.29 is 19.4 Å². The van der Waals surface area contributed by atoms with Crippen molar-refractivity contribution in [3.8, 4) is 0 Å². The van der Waals surface area contributed by atoms with Gasteiger partial charge in [0.15, 0.2) is 0 Å². The molecule has 1 rings (SSSR count). The molecule has 0 spiro atoms. The molecule has 14 heavy (non-hydrogen) atoms. The molecule has 0 aliphatic rings. The van der Waals surface area contributed by atoms with Crippen LogP contribution in [0.5, 0.6) is 0 Å². The van der Waals surface area contributed by atoms with Gasteiger partial charge in [0.25, 0.3) is 0 Å². The number of aromatic carboxylic acids is 1. The van der Waals surface area contributed by atoms with Gasteiger partial charge in [0, 0.05) is 0 Å². The Morgan fingerprint density at radius 2 is 2.21 bits per heavy atom. The summed E-state index contributed by atoms with van der Waals surface area (Å²) in [6.07, 6.45) is 0.0812. The molecule has 0 aromatic carbocycles. The maximum atomic E-state index is 10.5. The summed E-state index contributed by atoms with van der Waals surface area (Å²) in [6.45, 7) is 3.84. The van der Waals surface area contributed by atoms with E-state index in [4.69, 9.17) is 9.52 Å². The van der Waals surface area contributed by atoms with Crippen molar-refractivity contribution in [3.63, 3.8) is 0 Å². The first-order valence-corrected chi connectivity index (χ1v) is 4.57. The highest BCUT2D eigenvalue weighted by Crippen LogP contribution is 2.25. The molecule has 4 nitrogen and oxygen atoms in total. The minimum Gasteiger partial charge on any atom is -0.475 e. The van der Waals surface area contributed by atoms with Gasteiger partial charge < -0.3 is 14.6 Å². The van der Waals surface area contributed by atoms with Crippen LogP contribution in [0.15, 0.2) is 16.5 Å². The van der Waals surface area contributed by atoms with E-state index in [0.717, 1.165) is 6.42 Å². The minimum atomic E-state index is -1.12. The summed E-state index contributed by atoms with van der Waals surface area (Å²) in [6, 6.07) is 2.85. The Labute approximate surface area is 82.2 Å². The number of aliphatic hydroxyl groups is 1. The second-order valence-electron chi connectivity index (χ2n) is 3.34. The molecule has 0 aliphatic carbocycles. The van der Waals surface area contributed by atoms with E-state index in [1.807, 2.05) is 13.8 Å². The van der Waals surface area contributed by atoms with E-state index >= 15 is 0 Å². The van der Waals surface area contributed by atoms with Crippen LogP contribution in [0, 0.1) is 5.92 Å². The molecule has 0 radical (unpaired) electrons. The third-order valence-electron chi connectivity index (χ3n) is 2.31. The van der Waals surface area contributed by atoms with E-state index in [1.165, 1.54) is 12.1 Å². The van der Waals surface area contributed by atoms with Crippen molar-refractivity contribution in [1.29, 1.82) is 0 Å². The van der Waals surface area contributed by atoms with Crippen LogP contribution >= 0.6 is 0 Å². The van der Waals surface area contributed by atoms with Gasteiger partial charge in [0.2, 0.25) is 5.76 Å². The van der Waals surface area contributed by atoms with E-state index in [-0.39, 0.29) is 11.7 Å². The number of rotatable bonds is 4. The van der Waals surface area contributed by atoms with Crippen molar-refractivity contribution in [2.45, 2.75) is 26.4 Å². The summed E-state index contributed by atoms with van der Waals surface area (Å²) in [7, 11) is 0. The first-order chi connectivity index (χ1) is 6.56. The molecule has 2 N–H and O–H groups in total. The van der Waals surface area contributed by atoms with Crippen LogP contribution in [0.2, 0.25) is 0 Å². The lowest BCUT2D eigenvalue weighted by Gasteiger charge is -2.13. The molecule has 4 heteroatoms. The summed E-state index contributed by atoms with van der Waals surface area (Å²) in [5, 5.41) is 18.3. The first kappa shape index (κ1) is 10.8. The summed E-state index contributed by atoms with van der Waals surface area (Å²) < 4.78 is 4.98. The van der Waals surface area contributed by atoms with E-state index in [0.29, 0.717) is 5.76 Å². The standard InChI is InChI=1S/C10H14O4/c1-3-6(2)9(11)7-4-5-8(14-7)10(12)13/h4-6,9,11H,3H2,1-2H3,(H,12,13). The van der Waals surface area contributed by atoms with Gasteiger partial charge in [-0.25, -0.2) is 4.79 Å². The SMILES string of the molecule is CCC(C)C(O)c1ccc(C(=O)O)o1. The molecule has 1 aromatic rings. The maximum Gasteiger partial charge on any atom is 0.371 e. The third kappa shape index (κ3) is 2.14. The highest BCUT2D eigenvalue weighted by molar-refractivity contribution is 5.84. The van der Waals surface area contributed by atoms with Gasteiger partial charge in [0.1, 0.15) is 11.9 Å². The van der Waals surface area contributed by atoms with Gasteiger partial charge in [-0.3, -0.25) is 0 Å². The van der Waals surface area contributed by atoms with E-state index in [1.54, 1.807) is 0 Å². The second-order valence-corrected chi connectivity index (χ2v) is 3.34. The van der Waals surface area contributed by atoms with E-state index in [2.05, 4.69) is 0 Å². The Morgan fingerprint density at radius 3 is 2.64 bits per heavy atom. The zero-order valence-corrected chi connectivity index (χ0v) is 8.23. The fourth-order valence-corrected chi connectivity index (χ4v) is 1.13. The van der Waals surface area contributed by atoms with Crippen LogP contribution in [-0.4, -0.2) is 16.2 Å². The number of hydrogen-bond donors (Lipinski definition) is 2. The first-order valence-electron chi connectivity index (χ1n) is 4.57. The van der Waals surface area contributed by atoms with Crippen LogP contribution in [0.4, 0.5) is 0 Å². The van der Waals surface area contributed by atoms with Crippen LogP contribution in [0.3, 0.4) is 0 Å². The summed E-state index contributed by atoms with van der Waals surface area (Å²) in [5.41, 5.74) is 0. The van der Waals surface area contributed by atoms with Crippen LogP contribution in [-0.2, 0) is 0 Å². The largest absolute Gasteiger partial charge is 0.475 e. The highest BCUT2D eigenvalue weighted by Gasteiger charge is 2.19. The van der Waals surface area contributed by atoms with E-state index in [9.17, 15) is 9.90 Å². The topological polar surface area (TPSA) is 70.7 Å². The zero-order chi connectivity index (χ0) is 10.7. The average molecular weight is 198 g/mol. The fourth-order valence-electron chi connectivity index (χ4n) is 1.13. The van der Waals surface area contributed by atoms with Crippen molar-refractivity contribution in [2.24, 2.45) is 5.92 Å². The minimum absolute atomic E-state index is 0.0581. The van der Waals surface area contributed by atoms with Gasteiger partial charge in [-0.2, -0.15) is 0 Å². The Hall–Kier alpha value is -1.29. The number of carboxylic acids is 1. The predicted molar refractivity (Wildman–Crippen MR) is 50.1 cm³/mol. The van der Waals surface area contributed by atoms with Crippen molar-refractivity contribution >= 4 is 5.97 Å². The smallest absolute Gasteiger partial charge is 0.371 e. The van der Waals surface area contributed by atoms with Gasteiger partial charge in [-0.1, -0.05) is 20.3 Å². The lowest BCUT2D eigenvalue weighted by atomic mass is 10.0. The predicted octanol–water partition coefficient (Wildman–Crippen LogP) is 2.06. The number of hydrogen-bond acceptors (Lipinski definition) is 3. The molecule has 0 saturated carbocycles. The fraction of sp³-hybridized carbons (Fsp3) is 0.500. The molecule has 2 unspecified atom stereocenters. The Balaban J connectivity index is 2.81. The number of carboxylic acid groups (broad SMARTS) is 1. The zero-order valence-electron chi connectivity index (χ0n) is 8.23. The molecule has 78 valence electrons. The highest BCUT2D eigenvalue weighted by atomic mass is 16.4. The summed E-state index contributed by atoms with van der Waals surface area (Å²) >= 11 is 0. The molecular formula is C10H14O4. The molecule has 0 fully saturated rings. The second kappa shape index (κ2) is 4.28. The van der Waals surface area contributed by atoms with Crippen LogP contribution in [0.25, 0.3) is 0 Å². The molecule has 0 aliphatic heterocycles. The number of aliphatic hydroxyl groups excluding tert-OH is 1. The monoisotopic (exact) mass is 198 g/mol. The molecule has 1 aromatic heterocycles. The molecule has 2 atom stereocenters.